The molecule has 10 heavy (non-hydrogen) atoms. The Labute approximate surface area is 65.0 Å². The van der Waals surface area contributed by atoms with Gasteiger partial charge in [-0.25, -0.2) is 0 Å². The lowest BCUT2D eigenvalue weighted by atomic mass is 9.83. The molecule has 0 heterocycles. The van der Waals surface area contributed by atoms with Crippen LogP contribution in [-0.4, -0.2) is 6.54 Å². The third-order valence-corrected chi connectivity index (χ3v) is 2.48. The molecule has 0 saturated heterocycles. The van der Waals surface area contributed by atoms with Crippen LogP contribution in [0.3, 0.4) is 0 Å². The molecular weight excluding hydrogens is 122 g/mol. The molecule has 0 aromatic rings. The Hall–Kier alpha value is -0.0400. The molecule has 1 nitrogen and oxygen atoms in total. The second-order valence-corrected chi connectivity index (χ2v) is 3.47. The summed E-state index contributed by atoms with van der Waals surface area (Å²) in [6, 6.07) is 0. The van der Waals surface area contributed by atoms with Gasteiger partial charge in [0.25, 0.3) is 0 Å². The van der Waals surface area contributed by atoms with Crippen LogP contribution in [0.5, 0.6) is 0 Å². The Kier molecular flexibility index (Phi) is 4.71. The van der Waals surface area contributed by atoms with Gasteiger partial charge in [-0.1, -0.05) is 33.6 Å². The zero-order valence-electron chi connectivity index (χ0n) is 7.61. The van der Waals surface area contributed by atoms with Gasteiger partial charge in [-0.05, 0) is 24.8 Å². The zero-order valence-corrected chi connectivity index (χ0v) is 7.61. The molecule has 0 bridgehead atoms. The predicted molar refractivity (Wildman–Crippen MR) is 47.0 cm³/mol. The van der Waals surface area contributed by atoms with Crippen molar-refractivity contribution >= 4 is 0 Å². The summed E-state index contributed by atoms with van der Waals surface area (Å²) in [7, 11) is 0. The van der Waals surface area contributed by atoms with E-state index in [2.05, 4.69) is 20.8 Å². The van der Waals surface area contributed by atoms with E-state index in [1.165, 1.54) is 25.7 Å². The highest BCUT2D eigenvalue weighted by Crippen LogP contribution is 2.25. The SMILES string of the molecule is CCCCC(C)(CC)CN. The number of rotatable bonds is 5. The van der Waals surface area contributed by atoms with Crippen molar-refractivity contribution in [1.82, 2.24) is 0 Å². The van der Waals surface area contributed by atoms with E-state index in [1.807, 2.05) is 0 Å². The van der Waals surface area contributed by atoms with E-state index in [9.17, 15) is 0 Å². The van der Waals surface area contributed by atoms with Crippen LogP contribution in [0, 0.1) is 5.41 Å². The van der Waals surface area contributed by atoms with E-state index in [0.29, 0.717) is 5.41 Å². The molecule has 0 aliphatic carbocycles. The van der Waals surface area contributed by atoms with Crippen LogP contribution in [0.1, 0.15) is 46.5 Å². The van der Waals surface area contributed by atoms with Crippen molar-refractivity contribution in [1.29, 1.82) is 0 Å². The quantitative estimate of drug-likeness (QED) is 0.629. The average Bonchev–Trinajstić information content (AvgIpc) is 2.00. The standard InChI is InChI=1S/C9H21N/c1-4-6-7-9(3,5-2)8-10/h4-8,10H2,1-3H3. The lowest BCUT2D eigenvalue weighted by Crippen LogP contribution is -2.26. The number of nitrogens with two attached hydrogens (primary N) is 1. The van der Waals surface area contributed by atoms with Crippen LogP contribution in [0.25, 0.3) is 0 Å². The van der Waals surface area contributed by atoms with Gasteiger partial charge in [-0.2, -0.15) is 0 Å². The topological polar surface area (TPSA) is 26.0 Å². The molecule has 0 amide bonds. The van der Waals surface area contributed by atoms with Crippen molar-refractivity contribution in [3.63, 3.8) is 0 Å². The van der Waals surface area contributed by atoms with Crippen molar-refractivity contribution in [2.75, 3.05) is 6.54 Å². The van der Waals surface area contributed by atoms with Crippen molar-refractivity contribution in [2.45, 2.75) is 46.5 Å². The van der Waals surface area contributed by atoms with E-state index < -0.39 is 0 Å². The van der Waals surface area contributed by atoms with E-state index in [4.69, 9.17) is 5.73 Å². The summed E-state index contributed by atoms with van der Waals surface area (Å²) in [5.41, 5.74) is 6.07. The molecular formula is C9H21N. The number of hydrogen-bond donors (Lipinski definition) is 1. The summed E-state index contributed by atoms with van der Waals surface area (Å²) in [6.45, 7) is 7.57. The first kappa shape index (κ1) is 9.96. The van der Waals surface area contributed by atoms with Gasteiger partial charge >= 0.3 is 0 Å². The molecule has 1 atom stereocenters. The van der Waals surface area contributed by atoms with Gasteiger partial charge < -0.3 is 5.73 Å². The Morgan fingerprint density at radius 3 is 2.20 bits per heavy atom. The molecule has 0 radical (unpaired) electrons. The normalized spacial score (nSPS) is 16.8. The minimum absolute atomic E-state index is 0.413. The van der Waals surface area contributed by atoms with Crippen LogP contribution >= 0.6 is 0 Å². The van der Waals surface area contributed by atoms with E-state index in [0.717, 1.165) is 6.54 Å². The van der Waals surface area contributed by atoms with Crippen LogP contribution in [0.4, 0.5) is 0 Å². The van der Waals surface area contributed by atoms with Gasteiger partial charge in [0.2, 0.25) is 0 Å². The number of hydrogen-bond acceptors (Lipinski definition) is 1. The smallest absolute Gasteiger partial charge is 0.00233 e. The average molecular weight is 143 g/mol. The first-order valence-corrected chi connectivity index (χ1v) is 4.38. The number of unbranched alkanes of at least 4 members (excludes halogenated alkanes) is 1. The highest BCUT2D eigenvalue weighted by molar-refractivity contribution is 4.72. The lowest BCUT2D eigenvalue weighted by Gasteiger charge is -2.25. The molecule has 62 valence electrons. The van der Waals surface area contributed by atoms with Crippen molar-refractivity contribution in [3.8, 4) is 0 Å². The fraction of sp³-hybridized carbons (Fsp3) is 1.00. The third kappa shape index (κ3) is 3.21. The Balaban J connectivity index is 3.58. The van der Waals surface area contributed by atoms with E-state index >= 15 is 0 Å². The summed E-state index contributed by atoms with van der Waals surface area (Å²) in [4.78, 5) is 0. The van der Waals surface area contributed by atoms with Gasteiger partial charge in [0.05, 0.1) is 0 Å². The molecule has 1 heteroatoms. The monoisotopic (exact) mass is 143 g/mol. The van der Waals surface area contributed by atoms with Gasteiger partial charge in [0.1, 0.15) is 0 Å². The maximum atomic E-state index is 5.66. The van der Waals surface area contributed by atoms with Crippen LogP contribution < -0.4 is 5.73 Å². The highest BCUT2D eigenvalue weighted by atomic mass is 14.6. The predicted octanol–water partition coefficient (Wildman–Crippen LogP) is 2.55. The molecule has 0 rings (SSSR count). The molecule has 2 N–H and O–H groups in total. The molecule has 0 spiro atoms. The highest BCUT2D eigenvalue weighted by Gasteiger charge is 2.18. The molecule has 0 aliphatic rings. The maximum absolute atomic E-state index is 5.66. The summed E-state index contributed by atoms with van der Waals surface area (Å²) in [5, 5.41) is 0. The Bertz CT molecular complexity index is 74.8. The minimum Gasteiger partial charge on any atom is -0.330 e. The van der Waals surface area contributed by atoms with Crippen LogP contribution in [0.15, 0.2) is 0 Å². The van der Waals surface area contributed by atoms with Gasteiger partial charge in [-0.3, -0.25) is 0 Å². The largest absolute Gasteiger partial charge is 0.330 e. The first-order chi connectivity index (χ1) is 4.68. The Morgan fingerprint density at radius 1 is 1.30 bits per heavy atom. The molecule has 0 aromatic heterocycles. The second-order valence-electron chi connectivity index (χ2n) is 3.47. The molecule has 1 unspecified atom stereocenters. The summed E-state index contributed by atoms with van der Waals surface area (Å²) in [5.74, 6) is 0. The second kappa shape index (κ2) is 4.73. The van der Waals surface area contributed by atoms with Crippen molar-refractivity contribution < 1.29 is 0 Å². The van der Waals surface area contributed by atoms with Crippen molar-refractivity contribution in [2.24, 2.45) is 11.1 Å². The van der Waals surface area contributed by atoms with E-state index in [1.54, 1.807) is 0 Å². The van der Waals surface area contributed by atoms with Crippen LogP contribution in [0.2, 0.25) is 0 Å². The minimum atomic E-state index is 0.413. The molecule has 0 aromatic carbocycles. The molecule has 0 aliphatic heterocycles. The molecule has 0 saturated carbocycles. The van der Waals surface area contributed by atoms with Gasteiger partial charge in [-0.15, -0.1) is 0 Å². The van der Waals surface area contributed by atoms with Crippen LogP contribution in [-0.2, 0) is 0 Å². The fourth-order valence-electron chi connectivity index (χ4n) is 1.03. The zero-order chi connectivity index (χ0) is 8.04. The van der Waals surface area contributed by atoms with E-state index in [-0.39, 0.29) is 0 Å². The van der Waals surface area contributed by atoms with Gasteiger partial charge in [0, 0.05) is 0 Å². The third-order valence-electron chi connectivity index (χ3n) is 2.48. The first-order valence-electron chi connectivity index (χ1n) is 4.38. The summed E-state index contributed by atoms with van der Waals surface area (Å²) < 4.78 is 0. The fourth-order valence-corrected chi connectivity index (χ4v) is 1.03. The Morgan fingerprint density at radius 2 is 1.90 bits per heavy atom. The lowest BCUT2D eigenvalue weighted by molar-refractivity contribution is 0.287. The summed E-state index contributed by atoms with van der Waals surface area (Å²) in [6.07, 6.45) is 5.11. The molecule has 0 fully saturated rings. The maximum Gasteiger partial charge on any atom is -0.00233 e. The van der Waals surface area contributed by atoms with Crippen molar-refractivity contribution in [3.05, 3.63) is 0 Å². The van der Waals surface area contributed by atoms with Gasteiger partial charge in [0.15, 0.2) is 0 Å². The summed E-state index contributed by atoms with van der Waals surface area (Å²) >= 11 is 0.